The molecule has 0 aromatic carbocycles. The molecule has 1 unspecified atom stereocenters. The quantitative estimate of drug-likeness (QED) is 0.884. The van der Waals surface area contributed by atoms with Gasteiger partial charge in [-0.05, 0) is 48.6 Å². The average molecular weight is 295 g/mol. The van der Waals surface area contributed by atoms with E-state index < -0.39 is 0 Å². The van der Waals surface area contributed by atoms with E-state index in [1.165, 1.54) is 17.7 Å². The SMILES string of the molecule is CCCc1c(C#N)[nH]c2cc3c(nc12)CCC(C(C)(C)C)C3. The molecule has 0 aliphatic heterocycles. The summed E-state index contributed by atoms with van der Waals surface area (Å²) >= 11 is 0. The topological polar surface area (TPSA) is 52.5 Å². The molecular formula is C19H25N3. The summed E-state index contributed by atoms with van der Waals surface area (Å²) in [5.41, 5.74) is 6.80. The lowest BCUT2D eigenvalue weighted by Crippen LogP contribution is -2.27. The molecule has 0 fully saturated rings. The van der Waals surface area contributed by atoms with Crippen LogP contribution in [0.2, 0.25) is 0 Å². The first-order chi connectivity index (χ1) is 10.4. The number of fused-ring (bicyclic) bond motifs is 2. The normalized spacial score (nSPS) is 18.2. The number of hydrogen-bond donors (Lipinski definition) is 1. The fourth-order valence-electron chi connectivity index (χ4n) is 3.65. The standard InChI is InChI=1S/C19H25N3/c1-5-6-14-17(11-20)21-16-10-12-9-13(19(2,3)4)7-8-15(12)22-18(14)16/h10,13,21H,5-9H2,1-4H3. The Kier molecular flexibility index (Phi) is 3.72. The number of aromatic nitrogens is 2. The van der Waals surface area contributed by atoms with Crippen molar-refractivity contribution in [2.75, 3.05) is 0 Å². The minimum Gasteiger partial charge on any atom is -0.345 e. The van der Waals surface area contributed by atoms with Crippen LogP contribution in [0.15, 0.2) is 6.07 Å². The summed E-state index contributed by atoms with van der Waals surface area (Å²) in [7, 11) is 0. The highest BCUT2D eigenvalue weighted by molar-refractivity contribution is 5.82. The van der Waals surface area contributed by atoms with Crippen molar-refractivity contribution < 1.29 is 0 Å². The lowest BCUT2D eigenvalue weighted by Gasteiger charge is -2.34. The van der Waals surface area contributed by atoms with Gasteiger partial charge in [-0.2, -0.15) is 5.26 Å². The van der Waals surface area contributed by atoms with E-state index in [1.807, 2.05) is 0 Å². The number of nitrogens with zero attached hydrogens (tertiary/aromatic N) is 2. The predicted molar refractivity (Wildman–Crippen MR) is 89.8 cm³/mol. The van der Waals surface area contributed by atoms with E-state index in [0.717, 1.165) is 42.3 Å². The van der Waals surface area contributed by atoms with E-state index in [4.69, 9.17) is 4.98 Å². The maximum absolute atomic E-state index is 9.35. The van der Waals surface area contributed by atoms with Gasteiger partial charge >= 0.3 is 0 Å². The molecule has 2 aromatic heterocycles. The monoisotopic (exact) mass is 295 g/mol. The highest BCUT2D eigenvalue weighted by Crippen LogP contribution is 2.38. The first-order valence-electron chi connectivity index (χ1n) is 8.37. The Balaban J connectivity index is 2.07. The van der Waals surface area contributed by atoms with Crippen molar-refractivity contribution in [1.82, 2.24) is 9.97 Å². The average Bonchev–Trinajstić information content (AvgIpc) is 2.81. The van der Waals surface area contributed by atoms with E-state index in [9.17, 15) is 5.26 Å². The van der Waals surface area contributed by atoms with E-state index in [1.54, 1.807) is 0 Å². The number of H-pyrrole nitrogens is 1. The summed E-state index contributed by atoms with van der Waals surface area (Å²) in [5.74, 6) is 0.708. The van der Waals surface area contributed by atoms with Gasteiger partial charge in [0.2, 0.25) is 0 Å². The molecule has 0 amide bonds. The van der Waals surface area contributed by atoms with Crippen molar-refractivity contribution >= 4 is 11.0 Å². The van der Waals surface area contributed by atoms with Crippen molar-refractivity contribution in [2.24, 2.45) is 11.3 Å². The molecule has 1 N–H and O–H groups in total. The summed E-state index contributed by atoms with van der Waals surface area (Å²) in [6.45, 7) is 9.13. The van der Waals surface area contributed by atoms with Crippen LogP contribution in [0.25, 0.3) is 11.0 Å². The van der Waals surface area contributed by atoms with E-state index >= 15 is 0 Å². The van der Waals surface area contributed by atoms with Crippen LogP contribution in [-0.4, -0.2) is 9.97 Å². The highest BCUT2D eigenvalue weighted by Gasteiger charge is 2.30. The van der Waals surface area contributed by atoms with E-state index in [-0.39, 0.29) is 0 Å². The first-order valence-corrected chi connectivity index (χ1v) is 8.37. The van der Waals surface area contributed by atoms with E-state index in [0.29, 0.717) is 17.0 Å². The molecule has 1 atom stereocenters. The molecule has 0 spiro atoms. The molecule has 2 aromatic rings. The van der Waals surface area contributed by atoms with Crippen LogP contribution in [-0.2, 0) is 19.3 Å². The predicted octanol–water partition coefficient (Wildman–Crippen LogP) is 4.54. The zero-order valence-corrected chi connectivity index (χ0v) is 14.1. The molecule has 3 nitrogen and oxygen atoms in total. The zero-order chi connectivity index (χ0) is 15.9. The molecule has 116 valence electrons. The zero-order valence-electron chi connectivity index (χ0n) is 14.1. The van der Waals surface area contributed by atoms with Gasteiger partial charge in [-0.15, -0.1) is 0 Å². The van der Waals surface area contributed by atoms with Crippen molar-refractivity contribution in [1.29, 1.82) is 5.26 Å². The second-order valence-corrected chi connectivity index (χ2v) is 7.64. The molecule has 0 radical (unpaired) electrons. The molecule has 22 heavy (non-hydrogen) atoms. The number of pyridine rings is 1. The smallest absolute Gasteiger partial charge is 0.123 e. The van der Waals surface area contributed by atoms with Gasteiger partial charge in [0.25, 0.3) is 0 Å². The van der Waals surface area contributed by atoms with Crippen LogP contribution in [0, 0.1) is 22.7 Å². The second-order valence-electron chi connectivity index (χ2n) is 7.64. The van der Waals surface area contributed by atoms with Gasteiger partial charge in [-0.1, -0.05) is 34.1 Å². The van der Waals surface area contributed by atoms with E-state index in [2.05, 4.69) is 44.8 Å². The number of nitrogens with one attached hydrogen (secondary N) is 1. The third-order valence-electron chi connectivity index (χ3n) is 5.07. The number of nitriles is 1. The van der Waals surface area contributed by atoms with Crippen LogP contribution < -0.4 is 0 Å². The van der Waals surface area contributed by atoms with Crippen LogP contribution in [0.1, 0.15) is 63.1 Å². The Labute approximate surface area is 132 Å². The van der Waals surface area contributed by atoms with Gasteiger partial charge in [0.05, 0.1) is 11.0 Å². The largest absolute Gasteiger partial charge is 0.345 e. The molecule has 0 saturated heterocycles. The van der Waals surface area contributed by atoms with Crippen LogP contribution >= 0.6 is 0 Å². The third kappa shape index (κ3) is 2.52. The molecule has 2 heterocycles. The van der Waals surface area contributed by atoms with Gasteiger partial charge < -0.3 is 4.98 Å². The second kappa shape index (κ2) is 5.43. The maximum Gasteiger partial charge on any atom is 0.123 e. The van der Waals surface area contributed by atoms with Gasteiger partial charge in [-0.3, -0.25) is 4.98 Å². The molecule has 1 aliphatic carbocycles. The van der Waals surface area contributed by atoms with Gasteiger partial charge in [0.15, 0.2) is 0 Å². The number of aryl methyl sites for hydroxylation is 2. The Hall–Kier alpha value is -1.82. The fraction of sp³-hybridized carbons (Fsp3) is 0.579. The summed E-state index contributed by atoms with van der Waals surface area (Å²) in [6, 6.07) is 4.54. The lowest BCUT2D eigenvalue weighted by atomic mass is 9.71. The summed E-state index contributed by atoms with van der Waals surface area (Å²) < 4.78 is 0. The first kappa shape index (κ1) is 15.1. The van der Waals surface area contributed by atoms with Gasteiger partial charge in [0.1, 0.15) is 11.8 Å². The van der Waals surface area contributed by atoms with Crippen molar-refractivity contribution in [3.05, 3.63) is 28.6 Å². The molecule has 0 saturated carbocycles. The minimum absolute atomic E-state index is 0.341. The number of hydrogen-bond acceptors (Lipinski definition) is 2. The Morgan fingerprint density at radius 1 is 1.41 bits per heavy atom. The number of rotatable bonds is 2. The van der Waals surface area contributed by atoms with Crippen molar-refractivity contribution in [3.63, 3.8) is 0 Å². The molecule has 0 bridgehead atoms. The molecule has 3 rings (SSSR count). The number of aromatic amines is 1. The fourth-order valence-corrected chi connectivity index (χ4v) is 3.65. The molecule has 3 heteroatoms. The van der Waals surface area contributed by atoms with Crippen LogP contribution in [0.3, 0.4) is 0 Å². The molecular weight excluding hydrogens is 270 g/mol. The maximum atomic E-state index is 9.35. The Bertz CT molecular complexity index is 741. The third-order valence-corrected chi connectivity index (χ3v) is 5.07. The van der Waals surface area contributed by atoms with Gasteiger partial charge in [-0.25, -0.2) is 0 Å². The summed E-state index contributed by atoms with van der Waals surface area (Å²) in [4.78, 5) is 8.22. The van der Waals surface area contributed by atoms with Crippen LogP contribution in [0.4, 0.5) is 0 Å². The van der Waals surface area contributed by atoms with Crippen molar-refractivity contribution in [3.8, 4) is 6.07 Å². The minimum atomic E-state index is 0.341. The van der Waals surface area contributed by atoms with Gasteiger partial charge in [0, 0.05) is 11.3 Å². The molecule has 1 aliphatic rings. The van der Waals surface area contributed by atoms with Crippen LogP contribution in [0.5, 0.6) is 0 Å². The summed E-state index contributed by atoms with van der Waals surface area (Å²) in [6.07, 6.45) is 5.33. The summed E-state index contributed by atoms with van der Waals surface area (Å²) in [5, 5.41) is 9.35. The highest BCUT2D eigenvalue weighted by atomic mass is 14.8. The lowest BCUT2D eigenvalue weighted by molar-refractivity contribution is 0.215. The Morgan fingerprint density at radius 3 is 2.82 bits per heavy atom. The van der Waals surface area contributed by atoms with Crippen molar-refractivity contribution in [2.45, 2.75) is 59.8 Å². The Morgan fingerprint density at radius 2 is 2.18 bits per heavy atom.